The van der Waals surface area contributed by atoms with Gasteiger partial charge in [0.2, 0.25) is 0 Å². The number of hydrogen-bond donors (Lipinski definition) is 0. The molecule has 0 saturated carbocycles. The van der Waals surface area contributed by atoms with Gasteiger partial charge in [-0.05, 0) is 23.9 Å². The van der Waals surface area contributed by atoms with E-state index < -0.39 is 11.5 Å². The first-order chi connectivity index (χ1) is 6.08. The van der Waals surface area contributed by atoms with E-state index in [9.17, 15) is 13.3 Å². The van der Waals surface area contributed by atoms with Gasteiger partial charge < -0.3 is 0 Å². The SMILES string of the molecule is FOCC12CCCN1CC(F)(F)C2. The van der Waals surface area contributed by atoms with Crippen molar-refractivity contribution in [2.24, 2.45) is 0 Å². The van der Waals surface area contributed by atoms with Gasteiger partial charge in [0.25, 0.3) is 5.92 Å². The van der Waals surface area contributed by atoms with Gasteiger partial charge in [-0.1, -0.05) is 0 Å². The monoisotopic (exact) mass is 195 g/mol. The quantitative estimate of drug-likeness (QED) is 0.665. The Hall–Kier alpha value is -0.290. The zero-order chi connectivity index (χ0) is 9.53. The molecule has 0 bridgehead atoms. The summed E-state index contributed by atoms with van der Waals surface area (Å²) in [4.78, 5) is 5.21. The molecule has 76 valence electrons. The van der Waals surface area contributed by atoms with Gasteiger partial charge in [0.15, 0.2) is 0 Å². The molecule has 0 amide bonds. The van der Waals surface area contributed by atoms with Crippen molar-refractivity contribution in [1.82, 2.24) is 4.90 Å². The second-order valence-electron chi connectivity index (χ2n) is 4.04. The summed E-state index contributed by atoms with van der Waals surface area (Å²) in [5.41, 5.74) is -0.724. The zero-order valence-corrected chi connectivity index (χ0v) is 7.23. The third-order valence-electron chi connectivity index (χ3n) is 3.07. The Morgan fingerprint density at radius 2 is 2.15 bits per heavy atom. The molecule has 2 nitrogen and oxygen atoms in total. The number of nitrogens with zero attached hydrogens (tertiary/aromatic N) is 1. The zero-order valence-electron chi connectivity index (χ0n) is 7.23. The molecular weight excluding hydrogens is 183 g/mol. The molecule has 2 aliphatic rings. The van der Waals surface area contributed by atoms with E-state index in [0.29, 0.717) is 13.0 Å². The van der Waals surface area contributed by atoms with Crippen LogP contribution in [0.4, 0.5) is 13.3 Å². The first kappa shape index (κ1) is 9.27. The number of rotatable bonds is 2. The molecule has 2 heterocycles. The molecule has 0 aromatic rings. The lowest BCUT2D eigenvalue weighted by molar-refractivity contribution is -0.162. The summed E-state index contributed by atoms with van der Waals surface area (Å²) in [6, 6.07) is 0. The standard InChI is InChI=1S/C8H12F3NO/c9-8(10)4-7(6-13-11)2-1-3-12(7)5-8/h1-6H2. The maximum atomic E-state index is 13.0. The minimum absolute atomic E-state index is 0.220. The van der Waals surface area contributed by atoms with Crippen LogP contribution >= 0.6 is 0 Å². The first-order valence-electron chi connectivity index (χ1n) is 4.44. The van der Waals surface area contributed by atoms with E-state index in [2.05, 4.69) is 4.94 Å². The molecule has 0 aromatic carbocycles. The predicted molar refractivity (Wildman–Crippen MR) is 40.2 cm³/mol. The van der Waals surface area contributed by atoms with E-state index in [0.717, 1.165) is 6.42 Å². The van der Waals surface area contributed by atoms with Crippen LogP contribution in [0.25, 0.3) is 0 Å². The molecule has 1 atom stereocenters. The fourth-order valence-corrected chi connectivity index (χ4v) is 2.57. The van der Waals surface area contributed by atoms with Gasteiger partial charge in [-0.25, -0.2) is 8.78 Å². The molecule has 2 saturated heterocycles. The van der Waals surface area contributed by atoms with Crippen molar-refractivity contribution >= 4 is 0 Å². The summed E-state index contributed by atoms with van der Waals surface area (Å²) in [7, 11) is 0. The first-order valence-corrected chi connectivity index (χ1v) is 4.44. The smallest absolute Gasteiger partial charge is 0.262 e. The highest BCUT2D eigenvalue weighted by Gasteiger charge is 2.56. The number of halogens is 3. The van der Waals surface area contributed by atoms with Crippen molar-refractivity contribution in [3.05, 3.63) is 0 Å². The van der Waals surface area contributed by atoms with E-state index in [1.807, 2.05) is 0 Å². The van der Waals surface area contributed by atoms with E-state index in [1.54, 1.807) is 4.90 Å². The van der Waals surface area contributed by atoms with Gasteiger partial charge in [0.05, 0.1) is 12.1 Å². The third kappa shape index (κ3) is 1.44. The lowest BCUT2D eigenvalue weighted by Gasteiger charge is -2.28. The largest absolute Gasteiger partial charge is 0.289 e. The van der Waals surface area contributed by atoms with Gasteiger partial charge in [-0.2, -0.15) is 4.94 Å². The molecule has 5 heteroatoms. The predicted octanol–water partition coefficient (Wildman–Crippen LogP) is 1.76. The van der Waals surface area contributed by atoms with Gasteiger partial charge in [0.1, 0.15) is 6.61 Å². The molecule has 2 rings (SSSR count). The minimum Gasteiger partial charge on any atom is -0.289 e. The lowest BCUT2D eigenvalue weighted by atomic mass is 9.94. The lowest BCUT2D eigenvalue weighted by Crippen LogP contribution is -2.41. The Labute approximate surface area is 74.6 Å². The molecular formula is C8H12F3NO. The molecule has 2 aliphatic heterocycles. The summed E-state index contributed by atoms with van der Waals surface area (Å²) in [5.74, 6) is -2.67. The van der Waals surface area contributed by atoms with Gasteiger partial charge in [-0.3, -0.25) is 4.90 Å². The summed E-state index contributed by atoms with van der Waals surface area (Å²) in [6.45, 7) is 0.178. The normalized spacial score (nSPS) is 38.1. The van der Waals surface area contributed by atoms with Gasteiger partial charge in [0, 0.05) is 6.42 Å². The van der Waals surface area contributed by atoms with Crippen molar-refractivity contribution in [3.63, 3.8) is 0 Å². The van der Waals surface area contributed by atoms with Crippen molar-refractivity contribution in [2.75, 3.05) is 19.7 Å². The Kier molecular flexibility index (Phi) is 2.03. The summed E-state index contributed by atoms with van der Waals surface area (Å²) in [5, 5.41) is 0. The van der Waals surface area contributed by atoms with Crippen LogP contribution in [0.1, 0.15) is 19.3 Å². The number of hydrogen-bond acceptors (Lipinski definition) is 2. The fraction of sp³-hybridized carbons (Fsp3) is 1.00. The molecule has 0 spiro atoms. The van der Waals surface area contributed by atoms with Gasteiger partial charge >= 0.3 is 0 Å². The minimum atomic E-state index is -2.67. The van der Waals surface area contributed by atoms with Crippen LogP contribution < -0.4 is 0 Å². The Bertz CT molecular complexity index is 212. The Morgan fingerprint density at radius 3 is 2.85 bits per heavy atom. The topological polar surface area (TPSA) is 12.5 Å². The number of fused-ring (bicyclic) bond motifs is 1. The van der Waals surface area contributed by atoms with Crippen LogP contribution in [-0.4, -0.2) is 36.1 Å². The van der Waals surface area contributed by atoms with Crippen molar-refractivity contribution < 1.29 is 18.2 Å². The Balaban J connectivity index is 2.15. The van der Waals surface area contributed by atoms with E-state index in [4.69, 9.17) is 0 Å². The third-order valence-corrected chi connectivity index (χ3v) is 3.07. The van der Waals surface area contributed by atoms with Crippen LogP contribution in [0.5, 0.6) is 0 Å². The summed E-state index contributed by atoms with van der Waals surface area (Å²) < 4.78 is 37.8. The van der Waals surface area contributed by atoms with E-state index in [1.165, 1.54) is 0 Å². The molecule has 2 fully saturated rings. The highest BCUT2D eigenvalue weighted by molar-refractivity contribution is 5.06. The summed E-state index contributed by atoms with van der Waals surface area (Å²) in [6.07, 6.45) is 1.22. The van der Waals surface area contributed by atoms with E-state index >= 15 is 0 Å². The van der Waals surface area contributed by atoms with Crippen LogP contribution in [0.3, 0.4) is 0 Å². The maximum Gasteiger partial charge on any atom is 0.262 e. The van der Waals surface area contributed by atoms with Crippen LogP contribution in [-0.2, 0) is 4.94 Å². The molecule has 0 aliphatic carbocycles. The van der Waals surface area contributed by atoms with Crippen molar-refractivity contribution in [1.29, 1.82) is 0 Å². The highest BCUT2D eigenvalue weighted by atomic mass is 19.3. The number of alkyl halides is 2. The summed E-state index contributed by atoms with van der Waals surface area (Å²) >= 11 is 0. The van der Waals surface area contributed by atoms with E-state index in [-0.39, 0.29) is 19.6 Å². The van der Waals surface area contributed by atoms with Crippen LogP contribution in [0.15, 0.2) is 0 Å². The van der Waals surface area contributed by atoms with Crippen LogP contribution in [0.2, 0.25) is 0 Å². The second kappa shape index (κ2) is 2.85. The Morgan fingerprint density at radius 1 is 1.38 bits per heavy atom. The second-order valence-corrected chi connectivity index (χ2v) is 4.04. The van der Waals surface area contributed by atoms with Gasteiger partial charge in [-0.15, -0.1) is 0 Å². The molecule has 13 heavy (non-hydrogen) atoms. The highest BCUT2D eigenvalue weighted by Crippen LogP contribution is 2.45. The average molecular weight is 195 g/mol. The van der Waals surface area contributed by atoms with Crippen molar-refractivity contribution in [3.8, 4) is 0 Å². The molecule has 1 unspecified atom stereocenters. The fourth-order valence-electron chi connectivity index (χ4n) is 2.57. The molecule has 0 aromatic heterocycles. The molecule has 0 radical (unpaired) electrons. The maximum absolute atomic E-state index is 13.0. The average Bonchev–Trinajstić information content (AvgIpc) is 2.40. The van der Waals surface area contributed by atoms with Crippen LogP contribution in [0, 0.1) is 0 Å². The molecule has 0 N–H and O–H groups in total. The van der Waals surface area contributed by atoms with Crippen molar-refractivity contribution in [2.45, 2.75) is 30.7 Å².